The number of thiophene rings is 1. The molecule has 1 aromatic heterocycles. The molecule has 0 spiro atoms. The lowest BCUT2D eigenvalue weighted by molar-refractivity contribution is -0.135. The van der Waals surface area contributed by atoms with Crippen LogP contribution >= 0.6 is 11.3 Å². The smallest absolute Gasteiger partial charge is 0.223 e. The quantitative estimate of drug-likeness (QED) is 0.853. The summed E-state index contributed by atoms with van der Waals surface area (Å²) in [4.78, 5) is 18.2. The van der Waals surface area contributed by atoms with Gasteiger partial charge >= 0.3 is 0 Å². The van der Waals surface area contributed by atoms with E-state index in [2.05, 4.69) is 50.1 Å². The van der Waals surface area contributed by atoms with Gasteiger partial charge in [-0.25, -0.2) is 0 Å². The molecule has 1 saturated heterocycles. The number of amides is 1. The summed E-state index contributed by atoms with van der Waals surface area (Å²) in [7, 11) is 0. The molecule has 1 aliphatic rings. The molecule has 20 heavy (non-hydrogen) atoms. The highest BCUT2D eigenvalue weighted by Gasteiger charge is 2.27. The zero-order valence-corrected chi connectivity index (χ0v) is 13.9. The van der Waals surface area contributed by atoms with Gasteiger partial charge in [0.25, 0.3) is 0 Å². The maximum Gasteiger partial charge on any atom is 0.223 e. The van der Waals surface area contributed by atoms with E-state index in [1.807, 2.05) is 16.2 Å². The van der Waals surface area contributed by atoms with Crippen LogP contribution < -0.4 is 0 Å². The van der Waals surface area contributed by atoms with Crippen LogP contribution in [-0.2, 0) is 4.79 Å². The van der Waals surface area contributed by atoms with Gasteiger partial charge in [0.15, 0.2) is 0 Å². The minimum absolute atomic E-state index is 0.0818. The molecule has 1 fully saturated rings. The largest absolute Gasteiger partial charge is 0.340 e. The summed E-state index contributed by atoms with van der Waals surface area (Å²) in [6.07, 6.45) is 0.646. The monoisotopic (exact) mass is 294 g/mol. The number of piperazine rings is 1. The molecule has 0 N–H and O–H groups in total. The van der Waals surface area contributed by atoms with E-state index in [-0.39, 0.29) is 5.41 Å². The Morgan fingerprint density at radius 2 is 1.95 bits per heavy atom. The van der Waals surface area contributed by atoms with E-state index in [1.54, 1.807) is 0 Å². The third kappa shape index (κ3) is 4.06. The molecule has 112 valence electrons. The van der Waals surface area contributed by atoms with Crippen molar-refractivity contribution in [2.45, 2.75) is 40.2 Å². The van der Waals surface area contributed by atoms with Crippen LogP contribution in [0.2, 0.25) is 0 Å². The van der Waals surface area contributed by atoms with Gasteiger partial charge < -0.3 is 4.90 Å². The summed E-state index contributed by atoms with van der Waals surface area (Å²) in [5, 5.41) is 2.13. The van der Waals surface area contributed by atoms with E-state index >= 15 is 0 Å². The highest BCUT2D eigenvalue weighted by Crippen LogP contribution is 2.26. The number of rotatable bonds is 3. The first-order chi connectivity index (χ1) is 9.37. The van der Waals surface area contributed by atoms with Crippen molar-refractivity contribution in [3.63, 3.8) is 0 Å². The molecule has 0 aliphatic carbocycles. The maximum atomic E-state index is 12.2. The van der Waals surface area contributed by atoms with Gasteiger partial charge in [-0.1, -0.05) is 26.8 Å². The van der Waals surface area contributed by atoms with E-state index in [0.717, 1.165) is 26.2 Å². The predicted octanol–water partition coefficient (Wildman–Crippen LogP) is 3.39. The first-order valence-corrected chi connectivity index (χ1v) is 8.30. The molecule has 1 amide bonds. The molecule has 0 saturated carbocycles. The number of carbonyl (C=O) groups excluding carboxylic acids is 1. The Bertz CT molecular complexity index is 428. The van der Waals surface area contributed by atoms with Crippen LogP contribution in [0.25, 0.3) is 0 Å². The van der Waals surface area contributed by atoms with E-state index < -0.39 is 0 Å². The predicted molar refractivity (Wildman–Crippen MR) is 85.0 cm³/mol. The summed E-state index contributed by atoms with van der Waals surface area (Å²) in [5.41, 5.74) is 0.0818. The molecule has 1 unspecified atom stereocenters. The van der Waals surface area contributed by atoms with Gasteiger partial charge in [0.1, 0.15) is 0 Å². The topological polar surface area (TPSA) is 23.6 Å². The van der Waals surface area contributed by atoms with Crippen molar-refractivity contribution in [3.8, 4) is 0 Å². The lowest BCUT2D eigenvalue weighted by Gasteiger charge is -2.38. The van der Waals surface area contributed by atoms with Gasteiger partial charge in [-0.3, -0.25) is 9.69 Å². The van der Waals surface area contributed by atoms with Gasteiger partial charge in [0.2, 0.25) is 5.91 Å². The van der Waals surface area contributed by atoms with Crippen molar-refractivity contribution >= 4 is 17.2 Å². The van der Waals surface area contributed by atoms with Crippen molar-refractivity contribution in [3.05, 3.63) is 22.4 Å². The van der Waals surface area contributed by atoms with Gasteiger partial charge in [-0.05, 0) is 23.8 Å². The number of hydrogen-bond acceptors (Lipinski definition) is 3. The second kappa shape index (κ2) is 6.27. The normalized spacial score (nSPS) is 19.1. The standard InChI is InChI=1S/C16H26N2OS/c1-13(14-6-5-11-20-14)17-7-9-18(10-8-17)15(19)12-16(2,3)4/h5-6,11,13H,7-10,12H2,1-4H3. The first-order valence-electron chi connectivity index (χ1n) is 7.42. The second-order valence-electron chi connectivity index (χ2n) is 6.85. The molecule has 1 aliphatic heterocycles. The molecule has 3 nitrogen and oxygen atoms in total. The lowest BCUT2D eigenvalue weighted by atomic mass is 9.91. The van der Waals surface area contributed by atoms with Crippen molar-refractivity contribution < 1.29 is 4.79 Å². The van der Waals surface area contributed by atoms with E-state index in [9.17, 15) is 4.79 Å². The van der Waals surface area contributed by atoms with Gasteiger partial charge in [0.05, 0.1) is 0 Å². The average Bonchev–Trinajstić information content (AvgIpc) is 2.90. The fourth-order valence-electron chi connectivity index (χ4n) is 2.63. The first kappa shape index (κ1) is 15.5. The zero-order chi connectivity index (χ0) is 14.8. The van der Waals surface area contributed by atoms with Gasteiger partial charge in [0, 0.05) is 43.5 Å². The fraction of sp³-hybridized carbons (Fsp3) is 0.688. The van der Waals surface area contributed by atoms with Gasteiger partial charge in [-0.15, -0.1) is 11.3 Å². The highest BCUT2D eigenvalue weighted by molar-refractivity contribution is 7.10. The third-order valence-electron chi connectivity index (χ3n) is 3.85. The zero-order valence-electron chi connectivity index (χ0n) is 13.1. The van der Waals surface area contributed by atoms with Crippen molar-refractivity contribution in [1.29, 1.82) is 0 Å². The Labute approximate surface area is 126 Å². The van der Waals surface area contributed by atoms with Crippen molar-refractivity contribution in [2.24, 2.45) is 5.41 Å². The van der Waals surface area contributed by atoms with Crippen LogP contribution in [-0.4, -0.2) is 41.9 Å². The van der Waals surface area contributed by atoms with Gasteiger partial charge in [-0.2, -0.15) is 0 Å². The van der Waals surface area contributed by atoms with Crippen LogP contribution in [0, 0.1) is 5.41 Å². The molecule has 2 heterocycles. The number of hydrogen-bond donors (Lipinski definition) is 0. The third-order valence-corrected chi connectivity index (χ3v) is 4.89. The number of nitrogens with zero attached hydrogens (tertiary/aromatic N) is 2. The molecular formula is C16H26N2OS. The Kier molecular flexibility index (Phi) is 4.86. The highest BCUT2D eigenvalue weighted by atomic mass is 32.1. The Morgan fingerprint density at radius 1 is 1.30 bits per heavy atom. The average molecular weight is 294 g/mol. The molecule has 0 aromatic carbocycles. The SMILES string of the molecule is CC(c1cccs1)N1CCN(C(=O)CC(C)(C)C)CC1. The number of carbonyl (C=O) groups is 1. The molecule has 4 heteroatoms. The summed E-state index contributed by atoms with van der Waals surface area (Å²) in [6, 6.07) is 4.78. The summed E-state index contributed by atoms with van der Waals surface area (Å²) < 4.78 is 0. The summed E-state index contributed by atoms with van der Waals surface area (Å²) >= 11 is 1.82. The molecule has 0 bridgehead atoms. The lowest BCUT2D eigenvalue weighted by Crippen LogP contribution is -2.49. The van der Waals surface area contributed by atoms with Crippen molar-refractivity contribution in [1.82, 2.24) is 9.80 Å². The maximum absolute atomic E-state index is 12.2. The van der Waals surface area contributed by atoms with Crippen LogP contribution in [0.15, 0.2) is 17.5 Å². The van der Waals surface area contributed by atoms with Crippen LogP contribution in [0.4, 0.5) is 0 Å². The van der Waals surface area contributed by atoms with E-state index in [1.165, 1.54) is 4.88 Å². The summed E-state index contributed by atoms with van der Waals surface area (Å²) in [6.45, 7) is 12.3. The minimum Gasteiger partial charge on any atom is -0.340 e. The molecule has 1 aromatic rings. The molecule has 0 radical (unpaired) electrons. The van der Waals surface area contributed by atoms with Crippen molar-refractivity contribution in [2.75, 3.05) is 26.2 Å². The Hall–Kier alpha value is -0.870. The van der Waals surface area contributed by atoms with Crippen LogP contribution in [0.1, 0.15) is 45.0 Å². The molecular weight excluding hydrogens is 268 g/mol. The Balaban J connectivity index is 1.85. The second-order valence-corrected chi connectivity index (χ2v) is 7.82. The van der Waals surface area contributed by atoms with E-state index in [0.29, 0.717) is 18.4 Å². The minimum atomic E-state index is 0.0818. The van der Waals surface area contributed by atoms with Crippen LogP contribution in [0.5, 0.6) is 0 Å². The Morgan fingerprint density at radius 3 is 2.45 bits per heavy atom. The van der Waals surface area contributed by atoms with Crippen LogP contribution in [0.3, 0.4) is 0 Å². The fourth-order valence-corrected chi connectivity index (χ4v) is 3.45. The summed E-state index contributed by atoms with van der Waals surface area (Å²) in [5.74, 6) is 0.306. The molecule has 1 atom stereocenters. The molecule has 2 rings (SSSR count). The van der Waals surface area contributed by atoms with E-state index in [4.69, 9.17) is 0 Å².